The molecule has 2 amide bonds. The summed E-state index contributed by atoms with van der Waals surface area (Å²) in [7, 11) is 0. The summed E-state index contributed by atoms with van der Waals surface area (Å²) in [5.74, 6) is -0.345. The Morgan fingerprint density at radius 1 is 0.917 bits per heavy atom. The topological polar surface area (TPSA) is 71.1 Å². The molecular formula is C19H21N3O2. The van der Waals surface area contributed by atoms with Crippen molar-refractivity contribution in [3.05, 3.63) is 66.0 Å². The van der Waals surface area contributed by atoms with Crippen LogP contribution in [0.25, 0.3) is 0 Å². The predicted molar refractivity (Wildman–Crippen MR) is 90.9 cm³/mol. The molecule has 1 aliphatic carbocycles. The van der Waals surface area contributed by atoms with Crippen molar-refractivity contribution in [2.45, 2.75) is 25.8 Å². The van der Waals surface area contributed by atoms with Gasteiger partial charge in [-0.05, 0) is 42.5 Å². The van der Waals surface area contributed by atoms with Crippen molar-refractivity contribution in [3.8, 4) is 0 Å². The van der Waals surface area contributed by atoms with Crippen LogP contribution >= 0.6 is 0 Å². The van der Waals surface area contributed by atoms with Crippen molar-refractivity contribution in [2.24, 2.45) is 5.41 Å². The fraction of sp³-hybridized carbons (Fsp3) is 0.316. The Labute approximate surface area is 141 Å². The van der Waals surface area contributed by atoms with Crippen molar-refractivity contribution in [3.63, 3.8) is 0 Å². The SMILES string of the molecule is O=C(NCCc1ccccc1)C1(C(=O)NCc2ccncc2)CC1. The first kappa shape index (κ1) is 16.2. The molecule has 5 heteroatoms. The highest BCUT2D eigenvalue weighted by molar-refractivity contribution is 6.07. The first-order valence-electron chi connectivity index (χ1n) is 8.20. The van der Waals surface area contributed by atoms with Gasteiger partial charge >= 0.3 is 0 Å². The third-order valence-corrected chi connectivity index (χ3v) is 4.36. The van der Waals surface area contributed by atoms with Gasteiger partial charge in [0.2, 0.25) is 11.8 Å². The second kappa shape index (κ2) is 7.25. The number of pyridine rings is 1. The van der Waals surface area contributed by atoms with Gasteiger partial charge in [-0.2, -0.15) is 0 Å². The molecule has 124 valence electrons. The Kier molecular flexibility index (Phi) is 4.89. The first-order valence-corrected chi connectivity index (χ1v) is 8.20. The lowest BCUT2D eigenvalue weighted by Gasteiger charge is -2.15. The van der Waals surface area contributed by atoms with Crippen molar-refractivity contribution < 1.29 is 9.59 Å². The molecule has 0 radical (unpaired) electrons. The molecule has 1 aromatic heterocycles. The second-order valence-corrected chi connectivity index (χ2v) is 6.11. The zero-order valence-corrected chi connectivity index (χ0v) is 13.5. The summed E-state index contributed by atoms with van der Waals surface area (Å²) in [6, 6.07) is 13.7. The Morgan fingerprint density at radius 3 is 2.25 bits per heavy atom. The van der Waals surface area contributed by atoms with Crippen LogP contribution in [0.4, 0.5) is 0 Å². The standard InChI is InChI=1S/C19H21N3O2/c23-17(21-13-8-15-4-2-1-3-5-15)19(9-10-19)18(24)22-14-16-6-11-20-12-7-16/h1-7,11-12H,8-10,13-14H2,(H,21,23)(H,22,24). The highest BCUT2D eigenvalue weighted by atomic mass is 16.2. The lowest BCUT2D eigenvalue weighted by molar-refractivity contribution is -0.137. The maximum atomic E-state index is 12.4. The summed E-state index contributed by atoms with van der Waals surface area (Å²) in [5.41, 5.74) is 1.27. The van der Waals surface area contributed by atoms with Gasteiger partial charge in [-0.25, -0.2) is 0 Å². The number of carbonyl (C=O) groups excluding carboxylic acids is 2. The van der Waals surface area contributed by atoms with Crippen LogP contribution in [-0.2, 0) is 22.6 Å². The number of benzene rings is 1. The van der Waals surface area contributed by atoms with Crippen LogP contribution < -0.4 is 10.6 Å². The molecule has 5 nitrogen and oxygen atoms in total. The average Bonchev–Trinajstić information content (AvgIpc) is 3.43. The Bertz CT molecular complexity index is 697. The van der Waals surface area contributed by atoms with E-state index in [1.54, 1.807) is 12.4 Å². The molecule has 0 spiro atoms. The number of amides is 2. The van der Waals surface area contributed by atoms with E-state index in [0.29, 0.717) is 25.9 Å². The quantitative estimate of drug-likeness (QED) is 0.764. The maximum absolute atomic E-state index is 12.4. The molecule has 1 aliphatic rings. The van der Waals surface area contributed by atoms with Gasteiger partial charge in [-0.3, -0.25) is 14.6 Å². The van der Waals surface area contributed by atoms with E-state index in [9.17, 15) is 9.59 Å². The summed E-state index contributed by atoms with van der Waals surface area (Å²) in [4.78, 5) is 28.7. The number of rotatable bonds is 7. The van der Waals surface area contributed by atoms with E-state index in [2.05, 4.69) is 15.6 Å². The third kappa shape index (κ3) is 3.79. The summed E-state index contributed by atoms with van der Waals surface area (Å²) >= 11 is 0. The van der Waals surface area contributed by atoms with Crippen LogP contribution in [0.3, 0.4) is 0 Å². The zero-order valence-electron chi connectivity index (χ0n) is 13.5. The smallest absolute Gasteiger partial charge is 0.235 e. The van der Waals surface area contributed by atoms with E-state index >= 15 is 0 Å². The Balaban J connectivity index is 1.47. The largest absolute Gasteiger partial charge is 0.355 e. The first-order chi connectivity index (χ1) is 11.7. The van der Waals surface area contributed by atoms with Gasteiger partial charge in [0.05, 0.1) is 0 Å². The predicted octanol–water partition coefficient (Wildman–Crippen LogP) is 1.84. The highest BCUT2D eigenvalue weighted by Crippen LogP contribution is 2.46. The van der Waals surface area contributed by atoms with Gasteiger partial charge in [0, 0.05) is 25.5 Å². The van der Waals surface area contributed by atoms with E-state index in [1.165, 1.54) is 5.56 Å². The number of hydrogen-bond donors (Lipinski definition) is 2. The molecule has 3 rings (SSSR count). The summed E-state index contributed by atoms with van der Waals surface area (Å²) < 4.78 is 0. The van der Waals surface area contributed by atoms with Crippen LogP contribution in [0.5, 0.6) is 0 Å². The van der Waals surface area contributed by atoms with Gasteiger partial charge in [0.15, 0.2) is 0 Å². The minimum absolute atomic E-state index is 0.161. The summed E-state index contributed by atoms with van der Waals surface area (Å²) in [5, 5.41) is 5.77. The molecule has 1 fully saturated rings. The van der Waals surface area contributed by atoms with Gasteiger partial charge in [-0.15, -0.1) is 0 Å². The summed E-state index contributed by atoms with van der Waals surface area (Å²) in [6.45, 7) is 0.961. The molecule has 2 aromatic rings. The van der Waals surface area contributed by atoms with Gasteiger partial charge in [-0.1, -0.05) is 30.3 Å². The van der Waals surface area contributed by atoms with Gasteiger partial charge in [0.25, 0.3) is 0 Å². The van der Waals surface area contributed by atoms with Crippen LogP contribution in [0.2, 0.25) is 0 Å². The monoisotopic (exact) mass is 323 g/mol. The molecule has 0 saturated heterocycles. The van der Waals surface area contributed by atoms with E-state index < -0.39 is 5.41 Å². The fourth-order valence-corrected chi connectivity index (χ4v) is 2.67. The number of carbonyl (C=O) groups is 2. The number of hydrogen-bond acceptors (Lipinski definition) is 3. The van der Waals surface area contributed by atoms with E-state index in [-0.39, 0.29) is 11.8 Å². The fourth-order valence-electron chi connectivity index (χ4n) is 2.67. The van der Waals surface area contributed by atoms with Gasteiger partial charge < -0.3 is 10.6 Å². The highest BCUT2D eigenvalue weighted by Gasteiger charge is 2.56. The second-order valence-electron chi connectivity index (χ2n) is 6.11. The van der Waals surface area contributed by atoms with Crippen LogP contribution in [0.15, 0.2) is 54.9 Å². The molecule has 0 unspecified atom stereocenters. The van der Waals surface area contributed by atoms with E-state index in [1.807, 2.05) is 42.5 Å². The summed E-state index contributed by atoms with van der Waals surface area (Å²) in [6.07, 6.45) is 5.37. The van der Waals surface area contributed by atoms with Crippen molar-refractivity contribution in [1.82, 2.24) is 15.6 Å². The zero-order chi connectivity index (χ0) is 16.8. The molecule has 1 saturated carbocycles. The van der Waals surface area contributed by atoms with E-state index in [0.717, 1.165) is 12.0 Å². The Hall–Kier alpha value is -2.69. The minimum Gasteiger partial charge on any atom is -0.355 e. The number of nitrogens with one attached hydrogen (secondary N) is 2. The molecule has 0 aliphatic heterocycles. The van der Waals surface area contributed by atoms with Crippen molar-refractivity contribution in [2.75, 3.05) is 6.54 Å². The normalized spacial score (nSPS) is 14.7. The molecule has 1 heterocycles. The molecule has 0 bridgehead atoms. The number of nitrogens with zero attached hydrogens (tertiary/aromatic N) is 1. The van der Waals surface area contributed by atoms with Crippen LogP contribution in [0, 0.1) is 5.41 Å². The Morgan fingerprint density at radius 2 is 1.58 bits per heavy atom. The third-order valence-electron chi connectivity index (χ3n) is 4.36. The average molecular weight is 323 g/mol. The maximum Gasteiger partial charge on any atom is 0.235 e. The molecular weight excluding hydrogens is 302 g/mol. The lowest BCUT2D eigenvalue weighted by atomic mass is 10.0. The molecule has 0 atom stereocenters. The molecule has 24 heavy (non-hydrogen) atoms. The van der Waals surface area contributed by atoms with Crippen LogP contribution in [-0.4, -0.2) is 23.3 Å². The minimum atomic E-state index is -0.871. The molecule has 2 N–H and O–H groups in total. The van der Waals surface area contributed by atoms with Gasteiger partial charge in [0.1, 0.15) is 5.41 Å². The van der Waals surface area contributed by atoms with Crippen LogP contribution in [0.1, 0.15) is 24.0 Å². The molecule has 1 aromatic carbocycles. The number of aromatic nitrogens is 1. The van der Waals surface area contributed by atoms with E-state index in [4.69, 9.17) is 0 Å². The van der Waals surface area contributed by atoms with Crippen molar-refractivity contribution >= 4 is 11.8 Å². The lowest BCUT2D eigenvalue weighted by Crippen LogP contribution is -2.43. The van der Waals surface area contributed by atoms with Crippen molar-refractivity contribution in [1.29, 1.82) is 0 Å².